The largest absolute Gasteiger partial charge is 0.497 e. The molecule has 1 aromatic heterocycles. The van der Waals surface area contributed by atoms with Crippen LogP contribution in [0, 0.1) is 0 Å². The Hall–Kier alpha value is -2.01. The number of unbranched alkanes of at least 4 members (excludes halogenated alkanes) is 1. The molecule has 3 N–H and O–H groups in total. The number of methoxy groups -OCH3 is 1. The first-order chi connectivity index (χ1) is 10.7. The monoisotopic (exact) mass is 304 g/mol. The normalized spacial score (nSPS) is 12.3. The van der Waals surface area contributed by atoms with E-state index in [4.69, 9.17) is 14.9 Å². The van der Waals surface area contributed by atoms with Crippen LogP contribution < -0.4 is 15.8 Å². The Morgan fingerprint density at radius 3 is 2.95 bits per heavy atom. The number of ether oxygens (including phenoxy) is 1. The number of hydrogen-bond donors (Lipinski definition) is 2. The lowest BCUT2D eigenvalue weighted by Crippen LogP contribution is -2.40. The van der Waals surface area contributed by atoms with Crippen molar-refractivity contribution in [2.75, 3.05) is 13.7 Å². The average Bonchev–Trinajstić information content (AvgIpc) is 2.93. The van der Waals surface area contributed by atoms with Gasteiger partial charge in [-0.3, -0.25) is 4.79 Å². The Balaban J connectivity index is 2.02. The van der Waals surface area contributed by atoms with Crippen LogP contribution >= 0.6 is 0 Å². The highest BCUT2D eigenvalue weighted by Crippen LogP contribution is 2.25. The number of nitrogens with one attached hydrogen (secondary N) is 1. The fourth-order valence-electron chi connectivity index (χ4n) is 2.48. The number of amides is 1. The zero-order valence-electron chi connectivity index (χ0n) is 13.2. The molecule has 5 nitrogen and oxygen atoms in total. The van der Waals surface area contributed by atoms with Crippen LogP contribution in [-0.2, 0) is 11.2 Å². The van der Waals surface area contributed by atoms with E-state index in [1.54, 1.807) is 13.4 Å². The van der Waals surface area contributed by atoms with Gasteiger partial charge in [0.05, 0.1) is 19.8 Å². The summed E-state index contributed by atoms with van der Waals surface area (Å²) in [5.41, 5.74) is 7.31. The summed E-state index contributed by atoms with van der Waals surface area (Å²) in [6.07, 6.45) is 5.01. The number of carbonyl (C=O) groups is 1. The lowest BCUT2D eigenvalue weighted by molar-refractivity contribution is -0.121. The van der Waals surface area contributed by atoms with Crippen molar-refractivity contribution in [1.82, 2.24) is 5.32 Å². The lowest BCUT2D eigenvalue weighted by Gasteiger charge is -2.16. The van der Waals surface area contributed by atoms with E-state index in [1.807, 2.05) is 18.2 Å². The first-order valence-corrected chi connectivity index (χ1v) is 7.71. The molecule has 1 atom stereocenters. The molecule has 0 bridgehead atoms. The van der Waals surface area contributed by atoms with Gasteiger partial charge >= 0.3 is 0 Å². The fraction of sp³-hybridized carbons (Fsp3) is 0.471. The van der Waals surface area contributed by atoms with Gasteiger partial charge in [-0.15, -0.1) is 0 Å². The van der Waals surface area contributed by atoms with E-state index in [9.17, 15) is 4.79 Å². The van der Waals surface area contributed by atoms with Crippen LogP contribution in [0.25, 0.3) is 11.0 Å². The van der Waals surface area contributed by atoms with Crippen molar-refractivity contribution < 1.29 is 13.9 Å². The molecule has 2 rings (SSSR count). The van der Waals surface area contributed by atoms with Crippen LogP contribution in [0.5, 0.6) is 5.75 Å². The van der Waals surface area contributed by atoms with Crippen LogP contribution in [-0.4, -0.2) is 25.6 Å². The topological polar surface area (TPSA) is 77.5 Å². The summed E-state index contributed by atoms with van der Waals surface area (Å²) >= 11 is 0. The quantitative estimate of drug-likeness (QED) is 0.786. The Kier molecular flexibility index (Phi) is 5.83. The third kappa shape index (κ3) is 4.01. The predicted molar refractivity (Wildman–Crippen MR) is 87.0 cm³/mol. The third-order valence-electron chi connectivity index (χ3n) is 3.77. The van der Waals surface area contributed by atoms with E-state index in [0.29, 0.717) is 13.0 Å². The molecule has 0 aliphatic heterocycles. The molecule has 1 amide bonds. The summed E-state index contributed by atoms with van der Waals surface area (Å²) in [5.74, 6) is 0.714. The molecule has 1 heterocycles. The van der Waals surface area contributed by atoms with Gasteiger partial charge in [0.25, 0.3) is 0 Å². The second kappa shape index (κ2) is 7.84. The van der Waals surface area contributed by atoms with Crippen LogP contribution in [0.15, 0.2) is 28.9 Å². The van der Waals surface area contributed by atoms with Crippen LogP contribution in [0.4, 0.5) is 0 Å². The van der Waals surface area contributed by atoms with Crippen molar-refractivity contribution in [2.45, 2.75) is 38.6 Å². The molecular weight excluding hydrogens is 280 g/mol. The number of furan rings is 1. The summed E-state index contributed by atoms with van der Waals surface area (Å²) in [7, 11) is 1.61. The molecule has 0 aliphatic rings. The highest BCUT2D eigenvalue weighted by atomic mass is 16.5. The Labute approximate surface area is 130 Å². The van der Waals surface area contributed by atoms with E-state index in [2.05, 4.69) is 12.2 Å². The number of benzene rings is 1. The average molecular weight is 304 g/mol. The number of carbonyl (C=O) groups excluding carboxylic acids is 1. The van der Waals surface area contributed by atoms with E-state index >= 15 is 0 Å². The van der Waals surface area contributed by atoms with Crippen LogP contribution in [0.3, 0.4) is 0 Å². The van der Waals surface area contributed by atoms with Gasteiger partial charge in [-0.25, -0.2) is 0 Å². The predicted octanol–water partition coefficient (Wildman–Crippen LogP) is 2.62. The number of nitrogens with two attached hydrogens (primary N) is 1. The molecule has 0 radical (unpaired) electrons. The molecule has 0 aliphatic carbocycles. The molecule has 0 saturated heterocycles. The Morgan fingerprint density at radius 1 is 1.45 bits per heavy atom. The van der Waals surface area contributed by atoms with Crippen LogP contribution in [0.2, 0.25) is 0 Å². The molecule has 5 heteroatoms. The smallest absolute Gasteiger partial charge is 0.224 e. The number of rotatable bonds is 8. The van der Waals surface area contributed by atoms with Crippen molar-refractivity contribution in [1.29, 1.82) is 0 Å². The minimum Gasteiger partial charge on any atom is -0.497 e. The first-order valence-electron chi connectivity index (χ1n) is 7.71. The van der Waals surface area contributed by atoms with Gasteiger partial charge in [-0.1, -0.05) is 19.8 Å². The zero-order chi connectivity index (χ0) is 15.9. The van der Waals surface area contributed by atoms with E-state index in [1.165, 1.54) is 0 Å². The van der Waals surface area contributed by atoms with Gasteiger partial charge in [-0.2, -0.15) is 0 Å². The van der Waals surface area contributed by atoms with Gasteiger partial charge in [0, 0.05) is 29.6 Å². The number of hydrogen-bond acceptors (Lipinski definition) is 4. The standard InChI is InChI=1S/C17H24N2O3/c1-3-4-5-13(10-18)19-17(20)8-12-11-22-16-9-14(21-2)6-7-15(12)16/h6-7,9,11,13H,3-5,8,10,18H2,1-2H3,(H,19,20). The summed E-state index contributed by atoms with van der Waals surface area (Å²) in [5, 5.41) is 3.94. The van der Waals surface area contributed by atoms with Crippen molar-refractivity contribution in [3.8, 4) is 5.75 Å². The molecule has 0 spiro atoms. The minimum atomic E-state index is -0.0231. The van der Waals surface area contributed by atoms with Gasteiger partial charge < -0.3 is 20.2 Å². The lowest BCUT2D eigenvalue weighted by atomic mass is 10.1. The molecule has 1 unspecified atom stereocenters. The van der Waals surface area contributed by atoms with Crippen molar-refractivity contribution >= 4 is 16.9 Å². The molecule has 22 heavy (non-hydrogen) atoms. The van der Waals surface area contributed by atoms with Crippen molar-refractivity contribution in [2.24, 2.45) is 5.73 Å². The molecule has 1 aromatic carbocycles. The van der Waals surface area contributed by atoms with Crippen molar-refractivity contribution in [3.05, 3.63) is 30.0 Å². The molecule has 2 aromatic rings. The maximum absolute atomic E-state index is 12.2. The van der Waals surface area contributed by atoms with Gasteiger partial charge in [0.2, 0.25) is 5.91 Å². The van der Waals surface area contributed by atoms with Gasteiger partial charge in [-0.05, 0) is 18.6 Å². The molecule has 0 fully saturated rings. The maximum atomic E-state index is 12.2. The fourth-order valence-corrected chi connectivity index (χ4v) is 2.48. The zero-order valence-corrected chi connectivity index (χ0v) is 13.2. The molecule has 0 saturated carbocycles. The summed E-state index contributed by atoms with van der Waals surface area (Å²) in [4.78, 5) is 12.2. The van der Waals surface area contributed by atoms with Gasteiger partial charge in [0.1, 0.15) is 11.3 Å². The maximum Gasteiger partial charge on any atom is 0.224 e. The van der Waals surface area contributed by atoms with Crippen molar-refractivity contribution in [3.63, 3.8) is 0 Å². The minimum absolute atomic E-state index is 0.0231. The SMILES string of the molecule is CCCCC(CN)NC(=O)Cc1coc2cc(OC)ccc12. The Morgan fingerprint density at radius 2 is 2.27 bits per heavy atom. The summed E-state index contributed by atoms with van der Waals surface area (Å²) in [6, 6.07) is 5.65. The highest BCUT2D eigenvalue weighted by molar-refractivity contribution is 5.88. The Bertz CT molecular complexity index is 621. The second-order valence-corrected chi connectivity index (χ2v) is 5.44. The summed E-state index contributed by atoms with van der Waals surface area (Å²) in [6.45, 7) is 2.59. The highest BCUT2D eigenvalue weighted by Gasteiger charge is 2.14. The third-order valence-corrected chi connectivity index (χ3v) is 3.77. The molecule has 120 valence electrons. The summed E-state index contributed by atoms with van der Waals surface area (Å²) < 4.78 is 10.7. The van der Waals surface area contributed by atoms with E-state index in [0.717, 1.165) is 41.5 Å². The van der Waals surface area contributed by atoms with Crippen LogP contribution in [0.1, 0.15) is 31.7 Å². The second-order valence-electron chi connectivity index (χ2n) is 5.44. The molecular formula is C17H24N2O3. The first kappa shape index (κ1) is 16.4. The number of fused-ring (bicyclic) bond motifs is 1. The van der Waals surface area contributed by atoms with E-state index < -0.39 is 0 Å². The van der Waals surface area contributed by atoms with Gasteiger partial charge in [0.15, 0.2) is 0 Å². The van der Waals surface area contributed by atoms with E-state index in [-0.39, 0.29) is 11.9 Å².